The second-order valence-electron chi connectivity index (χ2n) is 4.15. The van der Waals surface area contributed by atoms with Crippen LogP contribution in [0.3, 0.4) is 0 Å². The minimum Gasteiger partial charge on any atom is -0.308 e. The number of anilines is 1. The Morgan fingerprint density at radius 1 is 1.42 bits per heavy atom. The molecular weight excluding hydrogens is 260 g/mol. The van der Waals surface area contributed by atoms with Crippen molar-refractivity contribution >= 4 is 34.1 Å². The van der Waals surface area contributed by atoms with E-state index in [4.69, 9.17) is 0 Å². The molecule has 1 N–H and O–H groups in total. The fourth-order valence-electron chi connectivity index (χ4n) is 1.93. The second-order valence-corrected chi connectivity index (χ2v) is 5.18. The Kier molecular flexibility index (Phi) is 3.00. The standard InChI is InChI=1S/C13H12N4OS/c1-17-13-10(5-2-6-14-13)12(16-17)15-11(18)8-9-4-3-7-19-9/h2-7H,8H2,1H3,(H,15,16,18). The molecule has 0 atom stereocenters. The van der Waals surface area contributed by atoms with E-state index in [1.165, 1.54) is 0 Å². The molecule has 0 aliphatic heterocycles. The lowest BCUT2D eigenvalue weighted by molar-refractivity contribution is -0.115. The monoisotopic (exact) mass is 272 g/mol. The molecule has 0 aliphatic rings. The van der Waals surface area contributed by atoms with Gasteiger partial charge in [0.25, 0.3) is 0 Å². The van der Waals surface area contributed by atoms with Gasteiger partial charge in [-0.3, -0.25) is 4.79 Å². The normalized spacial score (nSPS) is 10.8. The largest absolute Gasteiger partial charge is 0.308 e. The first-order chi connectivity index (χ1) is 9.24. The van der Waals surface area contributed by atoms with E-state index in [9.17, 15) is 4.79 Å². The van der Waals surface area contributed by atoms with Gasteiger partial charge >= 0.3 is 0 Å². The van der Waals surface area contributed by atoms with E-state index >= 15 is 0 Å². The van der Waals surface area contributed by atoms with Gasteiger partial charge in [-0.15, -0.1) is 11.3 Å². The Labute approximate surface area is 113 Å². The summed E-state index contributed by atoms with van der Waals surface area (Å²) in [4.78, 5) is 17.2. The summed E-state index contributed by atoms with van der Waals surface area (Å²) in [5.74, 6) is 0.499. The van der Waals surface area contributed by atoms with Gasteiger partial charge in [0.2, 0.25) is 5.91 Å². The van der Waals surface area contributed by atoms with E-state index < -0.39 is 0 Å². The number of nitrogens with one attached hydrogen (secondary N) is 1. The highest BCUT2D eigenvalue weighted by atomic mass is 32.1. The van der Waals surface area contributed by atoms with Crippen molar-refractivity contribution < 1.29 is 4.79 Å². The average molecular weight is 272 g/mol. The van der Waals surface area contributed by atoms with E-state index in [1.54, 1.807) is 22.2 Å². The fourth-order valence-corrected chi connectivity index (χ4v) is 2.63. The molecule has 0 fully saturated rings. The van der Waals surface area contributed by atoms with E-state index in [1.807, 2.05) is 36.7 Å². The molecule has 3 aromatic rings. The number of amides is 1. The van der Waals surface area contributed by atoms with Gasteiger partial charge in [-0.25, -0.2) is 9.67 Å². The Morgan fingerprint density at radius 3 is 3.11 bits per heavy atom. The number of fused-ring (bicyclic) bond motifs is 1. The van der Waals surface area contributed by atoms with Crippen LogP contribution in [0.15, 0.2) is 35.8 Å². The number of carbonyl (C=O) groups is 1. The van der Waals surface area contributed by atoms with Crippen LogP contribution < -0.4 is 5.32 Å². The van der Waals surface area contributed by atoms with Crippen molar-refractivity contribution in [2.24, 2.45) is 7.05 Å². The zero-order valence-electron chi connectivity index (χ0n) is 10.3. The first-order valence-electron chi connectivity index (χ1n) is 5.84. The third-order valence-electron chi connectivity index (χ3n) is 2.77. The number of nitrogens with zero attached hydrogens (tertiary/aromatic N) is 3. The van der Waals surface area contributed by atoms with E-state index in [0.717, 1.165) is 15.9 Å². The summed E-state index contributed by atoms with van der Waals surface area (Å²) >= 11 is 1.57. The molecule has 3 aromatic heterocycles. The van der Waals surface area contributed by atoms with Gasteiger partial charge in [0.1, 0.15) is 0 Å². The quantitative estimate of drug-likeness (QED) is 0.795. The maximum Gasteiger partial charge on any atom is 0.230 e. The van der Waals surface area contributed by atoms with Gasteiger partial charge in [-0.1, -0.05) is 6.07 Å². The summed E-state index contributed by atoms with van der Waals surface area (Å²) < 4.78 is 1.66. The molecule has 6 heteroatoms. The molecule has 0 saturated carbocycles. The molecule has 0 radical (unpaired) electrons. The van der Waals surface area contributed by atoms with Gasteiger partial charge in [0, 0.05) is 18.1 Å². The molecule has 1 amide bonds. The number of thiophene rings is 1. The molecule has 0 aromatic carbocycles. The predicted octanol–water partition coefficient (Wildman–Crippen LogP) is 2.21. The third-order valence-corrected chi connectivity index (χ3v) is 3.65. The van der Waals surface area contributed by atoms with Gasteiger partial charge < -0.3 is 5.32 Å². The molecular formula is C13H12N4OS. The Hall–Kier alpha value is -2.21. The van der Waals surface area contributed by atoms with Crippen LogP contribution in [0.25, 0.3) is 11.0 Å². The number of aromatic nitrogens is 3. The molecule has 96 valence electrons. The summed E-state index contributed by atoms with van der Waals surface area (Å²) in [5, 5.41) is 9.94. The van der Waals surface area contributed by atoms with Crippen LogP contribution in [0.2, 0.25) is 0 Å². The Morgan fingerprint density at radius 2 is 2.32 bits per heavy atom. The van der Waals surface area contributed by atoms with Gasteiger partial charge in [-0.2, -0.15) is 5.10 Å². The van der Waals surface area contributed by atoms with Crippen LogP contribution in [0, 0.1) is 0 Å². The van der Waals surface area contributed by atoms with Crippen molar-refractivity contribution in [3.05, 3.63) is 40.7 Å². The number of aryl methyl sites for hydroxylation is 1. The van der Waals surface area contributed by atoms with Crippen molar-refractivity contribution in [3.8, 4) is 0 Å². The lowest BCUT2D eigenvalue weighted by atomic mass is 10.3. The highest BCUT2D eigenvalue weighted by Gasteiger charge is 2.12. The van der Waals surface area contributed by atoms with Crippen LogP contribution in [-0.2, 0) is 18.3 Å². The number of hydrogen-bond acceptors (Lipinski definition) is 4. The first kappa shape index (κ1) is 11.9. The molecule has 0 spiro atoms. The summed E-state index contributed by atoms with van der Waals surface area (Å²) in [5.41, 5.74) is 0.758. The number of rotatable bonds is 3. The van der Waals surface area contributed by atoms with Gasteiger partial charge in [-0.05, 0) is 23.6 Å². The van der Waals surface area contributed by atoms with Crippen molar-refractivity contribution in [2.75, 3.05) is 5.32 Å². The average Bonchev–Trinajstić information content (AvgIpc) is 3.00. The van der Waals surface area contributed by atoms with Crippen LogP contribution in [0.5, 0.6) is 0 Å². The second kappa shape index (κ2) is 4.81. The third kappa shape index (κ3) is 2.34. The molecule has 0 saturated heterocycles. The number of pyridine rings is 1. The molecule has 3 heterocycles. The highest BCUT2D eigenvalue weighted by Crippen LogP contribution is 2.20. The smallest absolute Gasteiger partial charge is 0.230 e. The minimum atomic E-state index is -0.0636. The zero-order valence-corrected chi connectivity index (χ0v) is 11.1. The Bertz CT molecular complexity index is 717. The van der Waals surface area contributed by atoms with Crippen molar-refractivity contribution in [3.63, 3.8) is 0 Å². The molecule has 0 unspecified atom stereocenters. The minimum absolute atomic E-state index is 0.0636. The van der Waals surface area contributed by atoms with Crippen LogP contribution in [0.4, 0.5) is 5.82 Å². The predicted molar refractivity (Wildman–Crippen MR) is 75.2 cm³/mol. The van der Waals surface area contributed by atoms with Crippen LogP contribution in [0.1, 0.15) is 4.88 Å². The molecule has 0 bridgehead atoms. The van der Waals surface area contributed by atoms with E-state index in [2.05, 4.69) is 15.4 Å². The lowest BCUT2D eigenvalue weighted by Gasteiger charge is -2.00. The zero-order chi connectivity index (χ0) is 13.2. The Balaban J connectivity index is 1.83. The van der Waals surface area contributed by atoms with Crippen molar-refractivity contribution in [1.82, 2.24) is 14.8 Å². The SMILES string of the molecule is Cn1nc(NC(=O)Cc2cccs2)c2cccnc21. The molecule has 0 aliphatic carbocycles. The molecule has 5 nitrogen and oxygen atoms in total. The van der Waals surface area contributed by atoms with Crippen molar-refractivity contribution in [2.45, 2.75) is 6.42 Å². The summed E-state index contributed by atoms with van der Waals surface area (Å²) in [6, 6.07) is 7.62. The maximum absolute atomic E-state index is 12.0. The summed E-state index contributed by atoms with van der Waals surface area (Å²) in [7, 11) is 1.81. The van der Waals surface area contributed by atoms with Crippen LogP contribution in [-0.4, -0.2) is 20.7 Å². The number of hydrogen-bond donors (Lipinski definition) is 1. The summed E-state index contributed by atoms with van der Waals surface area (Å²) in [6.45, 7) is 0. The van der Waals surface area contributed by atoms with E-state index in [0.29, 0.717) is 12.2 Å². The first-order valence-corrected chi connectivity index (χ1v) is 6.72. The maximum atomic E-state index is 12.0. The molecule has 19 heavy (non-hydrogen) atoms. The van der Waals surface area contributed by atoms with E-state index in [-0.39, 0.29) is 5.91 Å². The highest BCUT2D eigenvalue weighted by molar-refractivity contribution is 7.10. The summed E-state index contributed by atoms with van der Waals surface area (Å²) in [6.07, 6.45) is 2.08. The fraction of sp³-hybridized carbons (Fsp3) is 0.154. The number of carbonyl (C=O) groups excluding carboxylic acids is 1. The molecule has 3 rings (SSSR count). The van der Waals surface area contributed by atoms with Gasteiger partial charge in [0.15, 0.2) is 11.5 Å². The lowest BCUT2D eigenvalue weighted by Crippen LogP contribution is -2.14. The van der Waals surface area contributed by atoms with Crippen molar-refractivity contribution in [1.29, 1.82) is 0 Å². The van der Waals surface area contributed by atoms with Gasteiger partial charge in [0.05, 0.1) is 11.8 Å². The van der Waals surface area contributed by atoms with Crippen LogP contribution >= 0.6 is 11.3 Å². The topological polar surface area (TPSA) is 59.8 Å².